The molecule has 2 aromatic rings. The minimum absolute atomic E-state index is 0.619. The number of nitrogens with zero attached hydrogens (tertiary/aromatic N) is 2. The summed E-state index contributed by atoms with van der Waals surface area (Å²) in [6.07, 6.45) is 2.50. The number of nitrogens with one attached hydrogen (secondary N) is 1. The number of hydrogen-bond acceptors (Lipinski definition) is 4. The first-order valence-electron chi connectivity index (χ1n) is 5.37. The van der Waals surface area contributed by atoms with Crippen LogP contribution in [-0.2, 0) is 0 Å². The number of rotatable bonds is 3. The first kappa shape index (κ1) is 9.09. The van der Waals surface area contributed by atoms with Gasteiger partial charge in [-0.25, -0.2) is 9.97 Å². The predicted molar refractivity (Wildman–Crippen MR) is 63.6 cm³/mol. The van der Waals surface area contributed by atoms with Crippen LogP contribution in [0.15, 0.2) is 11.4 Å². The minimum atomic E-state index is 0.619. The van der Waals surface area contributed by atoms with Gasteiger partial charge in [-0.3, -0.25) is 0 Å². The van der Waals surface area contributed by atoms with Crippen molar-refractivity contribution in [3.05, 3.63) is 17.3 Å². The summed E-state index contributed by atoms with van der Waals surface area (Å²) in [5.41, 5.74) is 0. The van der Waals surface area contributed by atoms with Crippen molar-refractivity contribution in [3.63, 3.8) is 0 Å². The summed E-state index contributed by atoms with van der Waals surface area (Å²) in [5.74, 6) is 2.65. The van der Waals surface area contributed by atoms with Gasteiger partial charge in [-0.1, -0.05) is 0 Å². The Hall–Kier alpha value is -1.16. The van der Waals surface area contributed by atoms with E-state index in [4.69, 9.17) is 0 Å². The summed E-state index contributed by atoms with van der Waals surface area (Å²) < 4.78 is 0. The Labute approximate surface area is 92.6 Å². The maximum absolute atomic E-state index is 4.61. The van der Waals surface area contributed by atoms with Gasteiger partial charge in [-0.2, -0.15) is 0 Å². The summed E-state index contributed by atoms with van der Waals surface area (Å²) >= 11 is 1.70. The highest BCUT2D eigenvalue weighted by molar-refractivity contribution is 7.16. The van der Waals surface area contributed by atoms with E-state index in [-0.39, 0.29) is 0 Å². The molecule has 0 bridgehead atoms. The zero-order valence-electron chi connectivity index (χ0n) is 8.66. The lowest BCUT2D eigenvalue weighted by Crippen LogP contribution is -2.03. The molecule has 0 amide bonds. The highest BCUT2D eigenvalue weighted by atomic mass is 32.1. The van der Waals surface area contributed by atoms with Gasteiger partial charge in [-0.15, -0.1) is 11.3 Å². The second-order valence-corrected chi connectivity index (χ2v) is 4.77. The maximum atomic E-state index is 4.61. The maximum Gasteiger partial charge on any atom is 0.138 e. The van der Waals surface area contributed by atoms with Crippen LogP contribution in [0, 0.1) is 0 Å². The van der Waals surface area contributed by atoms with Crippen LogP contribution in [0.25, 0.3) is 10.2 Å². The van der Waals surface area contributed by atoms with Crippen molar-refractivity contribution in [3.8, 4) is 0 Å². The molecule has 0 aliphatic heterocycles. The molecule has 2 heterocycles. The Bertz CT molecular complexity index is 488. The van der Waals surface area contributed by atoms with E-state index < -0.39 is 0 Å². The molecule has 1 aliphatic rings. The third-order valence-corrected chi connectivity index (χ3v) is 3.44. The second kappa shape index (κ2) is 3.45. The average molecular weight is 219 g/mol. The number of thiophene rings is 1. The van der Waals surface area contributed by atoms with E-state index in [1.54, 1.807) is 11.3 Å². The lowest BCUT2D eigenvalue weighted by atomic mass is 10.3. The van der Waals surface area contributed by atoms with Gasteiger partial charge in [-0.05, 0) is 31.2 Å². The van der Waals surface area contributed by atoms with E-state index >= 15 is 0 Å². The Kier molecular flexibility index (Phi) is 2.09. The van der Waals surface area contributed by atoms with Crippen molar-refractivity contribution in [1.82, 2.24) is 9.97 Å². The lowest BCUT2D eigenvalue weighted by Gasteiger charge is -2.05. The predicted octanol–water partition coefficient (Wildman–Crippen LogP) is 3.00. The van der Waals surface area contributed by atoms with Crippen molar-refractivity contribution in [2.45, 2.75) is 25.7 Å². The molecule has 15 heavy (non-hydrogen) atoms. The number of hydrogen-bond donors (Lipinski definition) is 1. The minimum Gasteiger partial charge on any atom is -0.370 e. The monoisotopic (exact) mass is 219 g/mol. The van der Waals surface area contributed by atoms with Gasteiger partial charge in [0.15, 0.2) is 0 Å². The summed E-state index contributed by atoms with van der Waals surface area (Å²) in [4.78, 5) is 10.3. The highest BCUT2D eigenvalue weighted by Crippen LogP contribution is 2.39. The van der Waals surface area contributed by atoms with Gasteiger partial charge >= 0.3 is 0 Å². The van der Waals surface area contributed by atoms with Crippen molar-refractivity contribution < 1.29 is 0 Å². The molecule has 0 spiro atoms. The molecule has 1 N–H and O–H groups in total. The molecule has 3 rings (SSSR count). The smallest absolute Gasteiger partial charge is 0.138 e. The van der Waals surface area contributed by atoms with E-state index in [1.165, 1.54) is 12.8 Å². The molecule has 78 valence electrons. The quantitative estimate of drug-likeness (QED) is 0.862. The first-order valence-corrected chi connectivity index (χ1v) is 6.25. The molecule has 4 heteroatoms. The van der Waals surface area contributed by atoms with Crippen molar-refractivity contribution in [2.75, 3.05) is 11.9 Å². The third-order valence-electron chi connectivity index (χ3n) is 2.63. The topological polar surface area (TPSA) is 37.8 Å². The molecule has 3 nitrogen and oxygen atoms in total. The van der Waals surface area contributed by atoms with E-state index in [2.05, 4.69) is 33.7 Å². The van der Waals surface area contributed by atoms with E-state index in [9.17, 15) is 0 Å². The molecule has 1 aliphatic carbocycles. The lowest BCUT2D eigenvalue weighted by molar-refractivity contribution is 0.947. The fourth-order valence-electron chi connectivity index (χ4n) is 1.70. The fourth-order valence-corrected chi connectivity index (χ4v) is 2.47. The largest absolute Gasteiger partial charge is 0.370 e. The summed E-state index contributed by atoms with van der Waals surface area (Å²) in [6.45, 7) is 3.00. The van der Waals surface area contributed by atoms with Crippen LogP contribution >= 0.6 is 11.3 Å². The molecule has 0 atom stereocenters. The number of aromatic nitrogens is 2. The second-order valence-electron chi connectivity index (χ2n) is 3.87. The molecule has 0 saturated heterocycles. The fraction of sp³-hybridized carbons (Fsp3) is 0.455. The van der Waals surface area contributed by atoms with Crippen molar-refractivity contribution in [1.29, 1.82) is 0 Å². The Morgan fingerprint density at radius 1 is 1.47 bits per heavy atom. The van der Waals surface area contributed by atoms with Gasteiger partial charge in [0.25, 0.3) is 0 Å². The standard InChI is InChI=1S/C11H13N3S/c1-2-12-10-8-5-6-15-11(8)14-9(13-10)7-3-4-7/h5-7H,2-4H2,1H3,(H,12,13,14). The average Bonchev–Trinajstić information content (AvgIpc) is 2.98. The van der Waals surface area contributed by atoms with Crippen LogP contribution in [0.4, 0.5) is 5.82 Å². The van der Waals surface area contributed by atoms with Gasteiger partial charge in [0.1, 0.15) is 16.5 Å². The van der Waals surface area contributed by atoms with E-state index in [1.807, 2.05) is 0 Å². The molecule has 1 saturated carbocycles. The summed E-state index contributed by atoms with van der Waals surface area (Å²) in [7, 11) is 0. The van der Waals surface area contributed by atoms with Gasteiger partial charge in [0.05, 0.1) is 5.39 Å². The van der Waals surface area contributed by atoms with Crippen LogP contribution in [0.5, 0.6) is 0 Å². The first-order chi connectivity index (χ1) is 7.38. The normalized spacial score (nSPS) is 15.8. The van der Waals surface area contributed by atoms with E-state index in [0.717, 1.165) is 28.4 Å². The van der Waals surface area contributed by atoms with Gasteiger partial charge in [0.2, 0.25) is 0 Å². The summed E-state index contributed by atoms with van der Waals surface area (Å²) in [5, 5.41) is 6.55. The Balaban J connectivity index is 2.14. The molecule has 0 aromatic carbocycles. The zero-order valence-corrected chi connectivity index (χ0v) is 9.47. The van der Waals surface area contributed by atoms with Crippen LogP contribution < -0.4 is 5.32 Å². The van der Waals surface area contributed by atoms with Crippen LogP contribution in [0.1, 0.15) is 31.5 Å². The molecule has 0 unspecified atom stereocenters. The Morgan fingerprint density at radius 3 is 3.07 bits per heavy atom. The molecule has 0 radical (unpaired) electrons. The van der Waals surface area contributed by atoms with Crippen LogP contribution in [-0.4, -0.2) is 16.5 Å². The highest BCUT2D eigenvalue weighted by Gasteiger charge is 2.27. The molecular formula is C11H13N3S. The van der Waals surface area contributed by atoms with Gasteiger partial charge in [0, 0.05) is 12.5 Å². The van der Waals surface area contributed by atoms with Crippen molar-refractivity contribution in [2.24, 2.45) is 0 Å². The Morgan fingerprint density at radius 2 is 2.33 bits per heavy atom. The molecule has 2 aromatic heterocycles. The zero-order chi connectivity index (χ0) is 10.3. The third kappa shape index (κ3) is 1.59. The summed E-state index contributed by atoms with van der Waals surface area (Å²) in [6, 6.07) is 2.09. The molecule has 1 fully saturated rings. The van der Waals surface area contributed by atoms with Crippen LogP contribution in [0.3, 0.4) is 0 Å². The van der Waals surface area contributed by atoms with Crippen molar-refractivity contribution >= 4 is 27.4 Å². The molecular weight excluding hydrogens is 206 g/mol. The van der Waals surface area contributed by atoms with E-state index in [0.29, 0.717) is 5.92 Å². The number of fused-ring (bicyclic) bond motifs is 1. The number of anilines is 1. The van der Waals surface area contributed by atoms with Gasteiger partial charge < -0.3 is 5.32 Å². The van der Waals surface area contributed by atoms with Crippen LogP contribution in [0.2, 0.25) is 0 Å². The SMILES string of the molecule is CCNc1nc(C2CC2)nc2sccc12.